The Balaban J connectivity index is 1.80. The molecular formula is C13H18BrNOS. The number of benzene rings is 1. The fourth-order valence-corrected chi connectivity index (χ4v) is 3.83. The summed E-state index contributed by atoms with van der Waals surface area (Å²) in [6.07, 6.45) is 2.75. The quantitative estimate of drug-likeness (QED) is 0.899. The lowest BCUT2D eigenvalue weighted by Crippen LogP contribution is -2.22. The molecule has 0 aromatic heterocycles. The van der Waals surface area contributed by atoms with Gasteiger partial charge in [0.1, 0.15) is 5.75 Å². The van der Waals surface area contributed by atoms with Crippen LogP contribution in [-0.4, -0.2) is 24.7 Å². The Morgan fingerprint density at radius 3 is 3.06 bits per heavy atom. The highest BCUT2D eigenvalue weighted by Crippen LogP contribution is 2.26. The molecule has 94 valence electrons. The minimum atomic E-state index is 0.816. The predicted molar refractivity (Wildman–Crippen MR) is 77.9 cm³/mol. The van der Waals surface area contributed by atoms with E-state index in [-0.39, 0.29) is 0 Å². The van der Waals surface area contributed by atoms with Crippen LogP contribution >= 0.6 is 27.7 Å². The number of nitrogens with one attached hydrogen (secondary N) is 1. The van der Waals surface area contributed by atoms with Crippen molar-refractivity contribution in [2.24, 2.45) is 0 Å². The molecule has 2 nitrogen and oxygen atoms in total. The maximum atomic E-state index is 5.22. The molecule has 1 heterocycles. The summed E-state index contributed by atoms with van der Waals surface area (Å²) < 4.78 is 6.24. The first-order valence-corrected chi connectivity index (χ1v) is 7.78. The fraction of sp³-hybridized carbons (Fsp3) is 0.538. The number of hydrogen-bond donors (Lipinski definition) is 1. The second-order valence-electron chi connectivity index (χ2n) is 4.23. The van der Waals surface area contributed by atoms with Crippen LogP contribution in [0.15, 0.2) is 22.7 Å². The molecule has 0 aliphatic carbocycles. The average molecular weight is 316 g/mol. The van der Waals surface area contributed by atoms with Gasteiger partial charge in [0.05, 0.1) is 11.6 Å². The number of rotatable bonds is 5. The third-order valence-electron chi connectivity index (χ3n) is 2.94. The van der Waals surface area contributed by atoms with E-state index in [4.69, 9.17) is 4.74 Å². The molecule has 1 saturated heterocycles. The summed E-state index contributed by atoms with van der Waals surface area (Å²) in [5.41, 5.74) is 1.29. The van der Waals surface area contributed by atoms with Crippen LogP contribution in [0.3, 0.4) is 0 Å². The lowest BCUT2D eigenvalue weighted by molar-refractivity contribution is 0.412. The zero-order valence-corrected chi connectivity index (χ0v) is 12.4. The van der Waals surface area contributed by atoms with Crippen LogP contribution in [0, 0.1) is 0 Å². The van der Waals surface area contributed by atoms with E-state index < -0.39 is 0 Å². The molecule has 1 aliphatic rings. The highest BCUT2D eigenvalue weighted by atomic mass is 79.9. The molecule has 17 heavy (non-hydrogen) atoms. The van der Waals surface area contributed by atoms with E-state index in [0.717, 1.165) is 28.6 Å². The SMILES string of the molecule is COc1ccc(CNCC2CCCS2)cc1Br. The second kappa shape index (κ2) is 6.66. The molecule has 1 aromatic rings. The van der Waals surface area contributed by atoms with Crippen LogP contribution in [-0.2, 0) is 6.54 Å². The van der Waals surface area contributed by atoms with E-state index in [9.17, 15) is 0 Å². The summed E-state index contributed by atoms with van der Waals surface area (Å²) in [5, 5.41) is 4.34. The van der Waals surface area contributed by atoms with Crippen molar-refractivity contribution in [1.29, 1.82) is 0 Å². The van der Waals surface area contributed by atoms with Gasteiger partial charge in [0, 0.05) is 18.3 Å². The van der Waals surface area contributed by atoms with Crippen LogP contribution in [0.1, 0.15) is 18.4 Å². The minimum absolute atomic E-state index is 0.816. The van der Waals surface area contributed by atoms with Gasteiger partial charge in [-0.1, -0.05) is 6.07 Å². The molecule has 0 bridgehead atoms. The zero-order chi connectivity index (χ0) is 12.1. The van der Waals surface area contributed by atoms with Gasteiger partial charge in [0.15, 0.2) is 0 Å². The summed E-state index contributed by atoms with van der Waals surface area (Å²) in [5.74, 6) is 2.22. The minimum Gasteiger partial charge on any atom is -0.496 e. The molecule has 4 heteroatoms. The maximum absolute atomic E-state index is 5.22. The lowest BCUT2D eigenvalue weighted by atomic mass is 10.2. The molecule has 0 radical (unpaired) electrons. The van der Waals surface area contributed by atoms with Gasteiger partial charge in [-0.3, -0.25) is 0 Å². The first kappa shape index (κ1) is 13.2. The van der Waals surface area contributed by atoms with Gasteiger partial charge in [-0.05, 0) is 52.2 Å². The summed E-state index contributed by atoms with van der Waals surface area (Å²) in [7, 11) is 1.69. The third-order valence-corrected chi connectivity index (χ3v) is 4.96. The standard InChI is InChI=1S/C13H18BrNOS/c1-16-13-5-4-10(7-12(13)14)8-15-9-11-3-2-6-17-11/h4-5,7,11,15H,2-3,6,8-9H2,1H3. The second-order valence-corrected chi connectivity index (χ2v) is 6.50. The number of halogens is 1. The van der Waals surface area contributed by atoms with Gasteiger partial charge in [-0.25, -0.2) is 0 Å². The van der Waals surface area contributed by atoms with Crippen molar-refractivity contribution in [1.82, 2.24) is 5.32 Å². The largest absolute Gasteiger partial charge is 0.496 e. The zero-order valence-electron chi connectivity index (χ0n) is 10.0. The van der Waals surface area contributed by atoms with Gasteiger partial charge in [-0.15, -0.1) is 0 Å². The summed E-state index contributed by atoms with van der Waals surface area (Å²) in [6.45, 7) is 2.05. The van der Waals surface area contributed by atoms with E-state index in [1.165, 1.54) is 24.2 Å². The van der Waals surface area contributed by atoms with Gasteiger partial charge >= 0.3 is 0 Å². The van der Waals surface area contributed by atoms with Crippen molar-refractivity contribution >= 4 is 27.7 Å². The summed E-state index contributed by atoms with van der Waals surface area (Å²) in [6, 6.07) is 6.23. The van der Waals surface area contributed by atoms with Crippen LogP contribution in [0.5, 0.6) is 5.75 Å². The Bertz CT molecular complexity index is 366. The lowest BCUT2D eigenvalue weighted by Gasteiger charge is -2.11. The third kappa shape index (κ3) is 3.90. The van der Waals surface area contributed by atoms with Crippen molar-refractivity contribution in [2.45, 2.75) is 24.6 Å². The molecule has 0 saturated carbocycles. The Hall–Kier alpha value is -0.190. The smallest absolute Gasteiger partial charge is 0.133 e. The molecule has 0 amide bonds. The monoisotopic (exact) mass is 315 g/mol. The normalized spacial score (nSPS) is 19.5. The Kier molecular flexibility index (Phi) is 5.19. The molecule has 1 fully saturated rings. The number of methoxy groups -OCH3 is 1. The van der Waals surface area contributed by atoms with Crippen molar-refractivity contribution in [3.05, 3.63) is 28.2 Å². The molecule has 2 rings (SSSR count). The predicted octanol–water partition coefficient (Wildman–Crippen LogP) is 3.44. The first-order chi connectivity index (χ1) is 8.29. The molecule has 1 atom stereocenters. The molecule has 1 unspecified atom stereocenters. The molecule has 1 aliphatic heterocycles. The van der Waals surface area contributed by atoms with Crippen molar-refractivity contribution in [3.8, 4) is 5.75 Å². The topological polar surface area (TPSA) is 21.3 Å². The van der Waals surface area contributed by atoms with Gasteiger partial charge in [0.25, 0.3) is 0 Å². The average Bonchev–Trinajstić information content (AvgIpc) is 2.82. The summed E-state index contributed by atoms with van der Waals surface area (Å²) >= 11 is 5.60. The Labute approximate surface area is 116 Å². The number of ether oxygens (including phenoxy) is 1. The van der Waals surface area contributed by atoms with Gasteiger partial charge in [0.2, 0.25) is 0 Å². The van der Waals surface area contributed by atoms with E-state index in [1.807, 2.05) is 6.07 Å². The van der Waals surface area contributed by atoms with Crippen LogP contribution in [0.4, 0.5) is 0 Å². The summed E-state index contributed by atoms with van der Waals surface area (Å²) in [4.78, 5) is 0. The van der Waals surface area contributed by atoms with Crippen molar-refractivity contribution in [3.63, 3.8) is 0 Å². The van der Waals surface area contributed by atoms with Gasteiger partial charge in [-0.2, -0.15) is 11.8 Å². The fourth-order valence-electron chi connectivity index (χ4n) is 2.00. The van der Waals surface area contributed by atoms with E-state index >= 15 is 0 Å². The Morgan fingerprint density at radius 2 is 2.41 bits per heavy atom. The van der Waals surface area contributed by atoms with Crippen molar-refractivity contribution in [2.75, 3.05) is 19.4 Å². The molecular weight excluding hydrogens is 298 g/mol. The first-order valence-electron chi connectivity index (χ1n) is 5.94. The highest BCUT2D eigenvalue weighted by molar-refractivity contribution is 9.10. The number of hydrogen-bond acceptors (Lipinski definition) is 3. The van der Waals surface area contributed by atoms with Crippen LogP contribution in [0.25, 0.3) is 0 Å². The van der Waals surface area contributed by atoms with E-state index in [0.29, 0.717) is 0 Å². The molecule has 0 spiro atoms. The van der Waals surface area contributed by atoms with Crippen LogP contribution < -0.4 is 10.1 Å². The maximum Gasteiger partial charge on any atom is 0.133 e. The molecule has 1 N–H and O–H groups in total. The number of thioether (sulfide) groups is 1. The van der Waals surface area contributed by atoms with Gasteiger partial charge < -0.3 is 10.1 Å². The highest BCUT2D eigenvalue weighted by Gasteiger charge is 2.14. The van der Waals surface area contributed by atoms with E-state index in [2.05, 4.69) is 45.1 Å². The van der Waals surface area contributed by atoms with E-state index in [1.54, 1.807) is 7.11 Å². The molecule has 1 aromatic carbocycles. The Morgan fingerprint density at radius 1 is 1.53 bits per heavy atom. The van der Waals surface area contributed by atoms with Crippen molar-refractivity contribution < 1.29 is 4.74 Å². The van der Waals surface area contributed by atoms with Crippen LogP contribution in [0.2, 0.25) is 0 Å².